The zero-order chi connectivity index (χ0) is 13.4. The number of nitrogens with two attached hydrogens (primary N) is 1. The van der Waals surface area contributed by atoms with Crippen LogP contribution in [0.4, 0.5) is 5.82 Å². The molecule has 0 saturated carbocycles. The molecule has 100 valence electrons. The molecule has 2 heterocycles. The Morgan fingerprint density at radius 2 is 2.06 bits per heavy atom. The van der Waals surface area contributed by atoms with E-state index in [0.29, 0.717) is 12.0 Å². The van der Waals surface area contributed by atoms with Crippen LogP contribution in [0.1, 0.15) is 37.9 Å². The van der Waals surface area contributed by atoms with E-state index in [1.165, 1.54) is 12.8 Å². The summed E-state index contributed by atoms with van der Waals surface area (Å²) in [6.07, 6.45) is 2.45. The van der Waals surface area contributed by atoms with E-state index in [0.717, 1.165) is 23.6 Å². The van der Waals surface area contributed by atoms with Crippen LogP contribution in [0.15, 0.2) is 0 Å². The van der Waals surface area contributed by atoms with Crippen molar-refractivity contribution >= 4 is 11.7 Å². The highest BCUT2D eigenvalue weighted by molar-refractivity contribution is 6.01. The first-order valence-electron chi connectivity index (χ1n) is 6.56. The van der Waals surface area contributed by atoms with Gasteiger partial charge in [0.15, 0.2) is 0 Å². The lowest BCUT2D eigenvalue weighted by molar-refractivity contribution is 0.384. The molecule has 0 bridgehead atoms. The molecule has 5 heteroatoms. The van der Waals surface area contributed by atoms with E-state index in [1.807, 2.05) is 18.7 Å². The highest BCUT2D eigenvalue weighted by Crippen LogP contribution is 2.30. The molecule has 2 atom stereocenters. The molecule has 2 unspecified atom stereocenters. The number of piperidine rings is 1. The molecule has 0 aromatic carbocycles. The van der Waals surface area contributed by atoms with Gasteiger partial charge in [0, 0.05) is 19.6 Å². The fourth-order valence-corrected chi connectivity index (χ4v) is 2.87. The summed E-state index contributed by atoms with van der Waals surface area (Å²) < 4.78 is 1.86. The van der Waals surface area contributed by atoms with E-state index >= 15 is 0 Å². The summed E-state index contributed by atoms with van der Waals surface area (Å²) in [4.78, 5) is 2.35. The van der Waals surface area contributed by atoms with E-state index < -0.39 is 0 Å². The molecule has 3 N–H and O–H groups in total. The summed E-state index contributed by atoms with van der Waals surface area (Å²) in [7, 11) is 1.93. The fraction of sp³-hybridized carbons (Fsp3) is 0.692. The number of nitrogens with zero attached hydrogens (tertiary/aromatic N) is 3. The molecular weight excluding hydrogens is 226 g/mol. The SMILES string of the molecule is Cc1nn(C)c(N2CC(C)CCC2C)c1C(=N)N. The molecule has 0 amide bonds. The quantitative estimate of drug-likeness (QED) is 0.618. The van der Waals surface area contributed by atoms with Crippen LogP contribution in [0.25, 0.3) is 0 Å². The Morgan fingerprint density at radius 1 is 1.39 bits per heavy atom. The minimum absolute atomic E-state index is 0.112. The second-order valence-corrected chi connectivity index (χ2v) is 5.51. The lowest BCUT2D eigenvalue weighted by Crippen LogP contribution is -2.43. The Balaban J connectivity index is 2.46. The fourth-order valence-electron chi connectivity index (χ4n) is 2.87. The van der Waals surface area contributed by atoms with Crippen LogP contribution < -0.4 is 10.6 Å². The molecular formula is C13H23N5. The number of aromatic nitrogens is 2. The topological polar surface area (TPSA) is 70.9 Å². The number of aryl methyl sites for hydroxylation is 2. The number of anilines is 1. The maximum atomic E-state index is 7.76. The van der Waals surface area contributed by atoms with Gasteiger partial charge in [-0.3, -0.25) is 10.1 Å². The van der Waals surface area contributed by atoms with Crippen molar-refractivity contribution in [2.45, 2.75) is 39.7 Å². The van der Waals surface area contributed by atoms with Gasteiger partial charge in [0.1, 0.15) is 11.7 Å². The number of nitrogens with one attached hydrogen (secondary N) is 1. The van der Waals surface area contributed by atoms with Crippen LogP contribution in [0.2, 0.25) is 0 Å². The summed E-state index contributed by atoms with van der Waals surface area (Å²) in [6, 6.07) is 0.481. The van der Waals surface area contributed by atoms with Gasteiger partial charge < -0.3 is 10.6 Å². The molecule has 18 heavy (non-hydrogen) atoms. The van der Waals surface area contributed by atoms with Crippen molar-refractivity contribution in [1.82, 2.24) is 9.78 Å². The normalized spacial score (nSPS) is 24.3. The van der Waals surface area contributed by atoms with Gasteiger partial charge in [-0.15, -0.1) is 0 Å². The lowest BCUT2D eigenvalue weighted by atomic mass is 9.94. The predicted octanol–water partition coefficient (Wildman–Crippen LogP) is 1.64. The highest BCUT2D eigenvalue weighted by Gasteiger charge is 2.29. The molecule has 2 rings (SSSR count). The van der Waals surface area contributed by atoms with Crippen molar-refractivity contribution in [3.05, 3.63) is 11.3 Å². The van der Waals surface area contributed by atoms with Gasteiger partial charge in [-0.25, -0.2) is 0 Å². The summed E-state index contributed by atoms with van der Waals surface area (Å²) in [5.41, 5.74) is 7.35. The van der Waals surface area contributed by atoms with Gasteiger partial charge in [-0.1, -0.05) is 6.92 Å². The molecule has 1 saturated heterocycles. The summed E-state index contributed by atoms with van der Waals surface area (Å²) in [5.74, 6) is 1.79. The standard InChI is InChI=1S/C13H23N5/c1-8-5-6-9(2)18(7-8)13-11(12(14)15)10(3)16-17(13)4/h8-9H,5-7H2,1-4H3,(H3,14,15). The van der Waals surface area contributed by atoms with E-state index in [9.17, 15) is 0 Å². The predicted molar refractivity (Wildman–Crippen MR) is 74.2 cm³/mol. The second kappa shape index (κ2) is 4.63. The van der Waals surface area contributed by atoms with Crippen LogP contribution in [-0.2, 0) is 7.05 Å². The first-order chi connectivity index (χ1) is 8.41. The third-order valence-corrected chi connectivity index (χ3v) is 3.85. The summed E-state index contributed by atoms with van der Waals surface area (Å²) in [6.45, 7) is 7.44. The largest absolute Gasteiger partial charge is 0.384 e. The smallest absolute Gasteiger partial charge is 0.138 e. The maximum Gasteiger partial charge on any atom is 0.138 e. The van der Waals surface area contributed by atoms with Crippen molar-refractivity contribution < 1.29 is 0 Å². The van der Waals surface area contributed by atoms with Gasteiger partial charge in [0.25, 0.3) is 0 Å². The molecule has 1 aromatic heterocycles. The molecule has 1 fully saturated rings. The first kappa shape index (κ1) is 12.9. The Kier molecular flexibility index (Phi) is 3.32. The summed E-state index contributed by atoms with van der Waals surface area (Å²) >= 11 is 0. The monoisotopic (exact) mass is 249 g/mol. The molecule has 0 spiro atoms. The van der Waals surface area contributed by atoms with Gasteiger partial charge in [0.05, 0.1) is 11.3 Å². The van der Waals surface area contributed by atoms with E-state index in [1.54, 1.807) is 0 Å². The number of rotatable bonds is 2. The van der Waals surface area contributed by atoms with Gasteiger partial charge >= 0.3 is 0 Å². The Morgan fingerprint density at radius 3 is 2.67 bits per heavy atom. The molecule has 1 aliphatic rings. The van der Waals surface area contributed by atoms with Crippen molar-refractivity contribution in [3.63, 3.8) is 0 Å². The first-order valence-corrected chi connectivity index (χ1v) is 6.56. The van der Waals surface area contributed by atoms with Crippen molar-refractivity contribution in [1.29, 1.82) is 5.41 Å². The number of amidine groups is 1. The molecule has 1 aliphatic heterocycles. The van der Waals surface area contributed by atoms with Gasteiger partial charge in [0.2, 0.25) is 0 Å². The lowest BCUT2D eigenvalue weighted by Gasteiger charge is -2.38. The van der Waals surface area contributed by atoms with Crippen LogP contribution in [0, 0.1) is 18.3 Å². The average Bonchev–Trinajstić information content (AvgIpc) is 2.57. The highest BCUT2D eigenvalue weighted by atomic mass is 15.4. The zero-order valence-corrected chi connectivity index (χ0v) is 11.7. The second-order valence-electron chi connectivity index (χ2n) is 5.51. The molecule has 5 nitrogen and oxygen atoms in total. The van der Waals surface area contributed by atoms with Crippen molar-refractivity contribution in [2.24, 2.45) is 18.7 Å². The number of nitrogen functional groups attached to an aromatic ring is 1. The third-order valence-electron chi connectivity index (χ3n) is 3.85. The third kappa shape index (κ3) is 2.09. The van der Waals surface area contributed by atoms with E-state index in [-0.39, 0.29) is 5.84 Å². The Bertz CT molecular complexity index is 462. The van der Waals surface area contributed by atoms with Gasteiger partial charge in [-0.05, 0) is 32.6 Å². The summed E-state index contributed by atoms with van der Waals surface area (Å²) in [5, 5.41) is 12.2. The molecule has 0 aliphatic carbocycles. The van der Waals surface area contributed by atoms with E-state index in [2.05, 4.69) is 23.8 Å². The van der Waals surface area contributed by atoms with Crippen LogP contribution in [0.5, 0.6) is 0 Å². The minimum atomic E-state index is 0.112. The molecule has 0 radical (unpaired) electrons. The maximum absolute atomic E-state index is 7.76. The number of hydrogen-bond donors (Lipinski definition) is 2. The van der Waals surface area contributed by atoms with Crippen molar-refractivity contribution in [3.8, 4) is 0 Å². The average molecular weight is 249 g/mol. The minimum Gasteiger partial charge on any atom is -0.384 e. The van der Waals surface area contributed by atoms with Gasteiger partial charge in [-0.2, -0.15) is 5.10 Å². The van der Waals surface area contributed by atoms with E-state index in [4.69, 9.17) is 11.1 Å². The van der Waals surface area contributed by atoms with Crippen LogP contribution in [0.3, 0.4) is 0 Å². The number of hydrogen-bond acceptors (Lipinski definition) is 3. The molecule has 1 aromatic rings. The Labute approximate surface area is 108 Å². The Hall–Kier alpha value is -1.52. The van der Waals surface area contributed by atoms with Crippen LogP contribution in [-0.4, -0.2) is 28.2 Å². The van der Waals surface area contributed by atoms with Crippen molar-refractivity contribution in [2.75, 3.05) is 11.4 Å². The van der Waals surface area contributed by atoms with Crippen LogP contribution >= 0.6 is 0 Å². The zero-order valence-electron chi connectivity index (χ0n) is 11.7.